The molecule has 2 aromatic carbocycles. The maximum atomic E-state index is 13.4. The van der Waals surface area contributed by atoms with Crippen molar-refractivity contribution in [2.24, 2.45) is 0 Å². The van der Waals surface area contributed by atoms with Crippen LogP contribution in [-0.4, -0.2) is 39.8 Å². The van der Waals surface area contributed by atoms with Gasteiger partial charge >= 0.3 is 0 Å². The Balaban J connectivity index is 2.00. The van der Waals surface area contributed by atoms with Crippen LogP contribution in [0.15, 0.2) is 47.4 Å². The molecule has 0 heterocycles. The second kappa shape index (κ2) is 8.34. The van der Waals surface area contributed by atoms with Crippen LogP contribution in [0.25, 0.3) is 0 Å². The van der Waals surface area contributed by atoms with Gasteiger partial charge in [-0.15, -0.1) is 0 Å². The van der Waals surface area contributed by atoms with E-state index in [0.29, 0.717) is 29.3 Å². The molecular formula is C21H25ClN2O4S. The Morgan fingerprint density at radius 1 is 1.14 bits per heavy atom. The molecule has 1 N–H and O–H groups in total. The summed E-state index contributed by atoms with van der Waals surface area (Å²) in [6, 6.07) is 11.8. The minimum atomic E-state index is -3.64. The normalized spacial score (nSPS) is 16.0. The highest BCUT2D eigenvalue weighted by Crippen LogP contribution is 2.43. The molecule has 1 amide bonds. The van der Waals surface area contributed by atoms with Gasteiger partial charge in [0.05, 0.1) is 23.1 Å². The summed E-state index contributed by atoms with van der Waals surface area (Å²) < 4.78 is 31.5. The number of rotatable bonds is 6. The standard InChI is InChI=1S/C21H25ClN2O4S/c1-24(2)29(26,27)17-9-10-19(28-3)18(14-17)23-20(25)21(11-4-5-12-21)15-7-6-8-16(22)13-15/h6-10,13-14H,4-5,11-12H2,1-3H3,(H,23,25). The van der Waals surface area contributed by atoms with Crippen molar-refractivity contribution in [3.63, 3.8) is 0 Å². The van der Waals surface area contributed by atoms with E-state index in [9.17, 15) is 13.2 Å². The second-order valence-electron chi connectivity index (χ2n) is 7.40. The fourth-order valence-corrected chi connectivity index (χ4v) is 4.93. The number of nitrogens with one attached hydrogen (secondary N) is 1. The summed E-state index contributed by atoms with van der Waals surface area (Å²) in [6.07, 6.45) is 3.28. The zero-order valence-corrected chi connectivity index (χ0v) is 18.3. The van der Waals surface area contributed by atoms with Gasteiger partial charge in [-0.2, -0.15) is 0 Å². The van der Waals surface area contributed by atoms with Gasteiger partial charge in [-0.05, 0) is 48.7 Å². The molecule has 1 aliphatic carbocycles. The lowest BCUT2D eigenvalue weighted by molar-refractivity contribution is -0.121. The maximum absolute atomic E-state index is 13.4. The van der Waals surface area contributed by atoms with E-state index in [2.05, 4.69) is 5.32 Å². The van der Waals surface area contributed by atoms with E-state index >= 15 is 0 Å². The Morgan fingerprint density at radius 2 is 1.83 bits per heavy atom. The van der Waals surface area contributed by atoms with E-state index in [1.165, 1.54) is 33.3 Å². The third-order valence-electron chi connectivity index (χ3n) is 5.47. The minimum Gasteiger partial charge on any atom is -0.495 e. The van der Waals surface area contributed by atoms with Crippen LogP contribution < -0.4 is 10.1 Å². The van der Waals surface area contributed by atoms with Crippen molar-refractivity contribution in [3.05, 3.63) is 53.1 Å². The molecule has 8 heteroatoms. The smallest absolute Gasteiger partial charge is 0.242 e. The van der Waals surface area contributed by atoms with Gasteiger partial charge in [0.25, 0.3) is 0 Å². The highest BCUT2D eigenvalue weighted by atomic mass is 35.5. The first kappa shape index (κ1) is 21.6. The van der Waals surface area contributed by atoms with E-state index in [4.69, 9.17) is 16.3 Å². The summed E-state index contributed by atoms with van der Waals surface area (Å²) in [4.78, 5) is 13.5. The third kappa shape index (κ3) is 4.13. The van der Waals surface area contributed by atoms with E-state index in [1.807, 2.05) is 18.2 Å². The molecule has 0 saturated heterocycles. The number of halogens is 1. The number of carbonyl (C=O) groups excluding carboxylic acids is 1. The summed E-state index contributed by atoms with van der Waals surface area (Å²) in [5, 5.41) is 3.51. The van der Waals surface area contributed by atoms with Crippen molar-refractivity contribution < 1.29 is 17.9 Å². The number of methoxy groups -OCH3 is 1. The second-order valence-corrected chi connectivity index (χ2v) is 9.99. The number of nitrogens with zero attached hydrogens (tertiary/aromatic N) is 1. The Labute approximate surface area is 176 Å². The van der Waals surface area contributed by atoms with Gasteiger partial charge in [0.2, 0.25) is 15.9 Å². The molecule has 156 valence electrons. The number of amides is 1. The molecule has 1 fully saturated rings. The zero-order chi connectivity index (χ0) is 21.2. The fourth-order valence-electron chi connectivity index (χ4n) is 3.81. The number of hydrogen-bond acceptors (Lipinski definition) is 4. The van der Waals surface area contributed by atoms with Crippen LogP contribution in [0.3, 0.4) is 0 Å². The Hall–Kier alpha value is -2.09. The first-order chi connectivity index (χ1) is 13.7. The summed E-state index contributed by atoms with van der Waals surface area (Å²) >= 11 is 6.18. The molecule has 2 aromatic rings. The van der Waals surface area contributed by atoms with Crippen LogP contribution in [0.5, 0.6) is 5.75 Å². The number of carbonyl (C=O) groups is 1. The van der Waals surface area contributed by atoms with Crippen LogP contribution in [0.4, 0.5) is 5.69 Å². The van der Waals surface area contributed by atoms with Gasteiger partial charge in [-0.3, -0.25) is 4.79 Å². The third-order valence-corrected chi connectivity index (χ3v) is 7.51. The number of anilines is 1. The summed E-state index contributed by atoms with van der Waals surface area (Å²) in [5.41, 5.74) is 0.497. The quantitative estimate of drug-likeness (QED) is 0.741. The Kier molecular flexibility index (Phi) is 6.22. The molecule has 29 heavy (non-hydrogen) atoms. The first-order valence-electron chi connectivity index (χ1n) is 9.39. The molecule has 0 spiro atoms. The predicted molar refractivity (Wildman–Crippen MR) is 114 cm³/mol. The molecule has 0 atom stereocenters. The zero-order valence-electron chi connectivity index (χ0n) is 16.7. The molecule has 0 radical (unpaired) electrons. The van der Waals surface area contributed by atoms with Crippen molar-refractivity contribution in [1.29, 1.82) is 0 Å². The minimum absolute atomic E-state index is 0.0850. The van der Waals surface area contributed by atoms with Gasteiger partial charge in [-0.25, -0.2) is 12.7 Å². The highest BCUT2D eigenvalue weighted by molar-refractivity contribution is 7.89. The van der Waals surface area contributed by atoms with E-state index in [-0.39, 0.29) is 10.8 Å². The van der Waals surface area contributed by atoms with Crippen molar-refractivity contribution in [2.75, 3.05) is 26.5 Å². The Bertz CT molecular complexity index is 1020. The monoisotopic (exact) mass is 436 g/mol. The lowest BCUT2D eigenvalue weighted by Gasteiger charge is -2.29. The van der Waals surface area contributed by atoms with E-state index in [0.717, 1.165) is 22.7 Å². The lowest BCUT2D eigenvalue weighted by atomic mass is 9.78. The summed E-state index contributed by atoms with van der Waals surface area (Å²) in [5.74, 6) is 0.213. The maximum Gasteiger partial charge on any atom is 0.242 e. The summed E-state index contributed by atoms with van der Waals surface area (Å²) in [6.45, 7) is 0. The fraction of sp³-hybridized carbons (Fsp3) is 0.381. The largest absolute Gasteiger partial charge is 0.495 e. The van der Waals surface area contributed by atoms with Crippen molar-refractivity contribution in [3.8, 4) is 5.75 Å². The summed E-state index contributed by atoms with van der Waals surface area (Å²) in [7, 11) is 0.762. The highest BCUT2D eigenvalue weighted by Gasteiger charge is 2.43. The van der Waals surface area contributed by atoms with Crippen LogP contribution in [0.2, 0.25) is 5.02 Å². The van der Waals surface area contributed by atoms with Crippen molar-refractivity contribution in [2.45, 2.75) is 36.0 Å². The average Bonchev–Trinajstić information content (AvgIpc) is 3.19. The van der Waals surface area contributed by atoms with E-state index in [1.54, 1.807) is 12.1 Å². The molecule has 1 saturated carbocycles. The SMILES string of the molecule is COc1ccc(S(=O)(=O)N(C)C)cc1NC(=O)C1(c2cccc(Cl)c2)CCCC1. The van der Waals surface area contributed by atoms with Gasteiger partial charge in [0.15, 0.2) is 0 Å². The topological polar surface area (TPSA) is 75.7 Å². The van der Waals surface area contributed by atoms with Crippen LogP contribution in [0, 0.1) is 0 Å². The molecule has 6 nitrogen and oxygen atoms in total. The van der Waals surface area contributed by atoms with Gasteiger partial charge in [-0.1, -0.05) is 36.6 Å². The molecular weight excluding hydrogens is 412 g/mol. The number of sulfonamides is 1. The molecule has 0 aromatic heterocycles. The number of hydrogen-bond donors (Lipinski definition) is 1. The van der Waals surface area contributed by atoms with Crippen LogP contribution in [-0.2, 0) is 20.2 Å². The van der Waals surface area contributed by atoms with Gasteiger partial charge < -0.3 is 10.1 Å². The number of ether oxygens (including phenoxy) is 1. The van der Waals surface area contributed by atoms with Gasteiger partial charge in [0.1, 0.15) is 5.75 Å². The van der Waals surface area contributed by atoms with Crippen molar-refractivity contribution >= 4 is 33.2 Å². The van der Waals surface area contributed by atoms with Crippen LogP contribution in [0.1, 0.15) is 31.2 Å². The molecule has 3 rings (SSSR count). The average molecular weight is 437 g/mol. The molecule has 0 unspecified atom stereocenters. The first-order valence-corrected chi connectivity index (χ1v) is 11.2. The van der Waals surface area contributed by atoms with E-state index < -0.39 is 15.4 Å². The number of benzene rings is 2. The predicted octanol–water partition coefficient (Wildman–Crippen LogP) is 4.05. The molecule has 1 aliphatic rings. The Morgan fingerprint density at radius 3 is 2.41 bits per heavy atom. The molecule has 0 bridgehead atoms. The van der Waals surface area contributed by atoms with Crippen LogP contribution >= 0.6 is 11.6 Å². The van der Waals surface area contributed by atoms with Crippen molar-refractivity contribution in [1.82, 2.24) is 4.31 Å². The van der Waals surface area contributed by atoms with Gasteiger partial charge in [0, 0.05) is 19.1 Å². The molecule has 0 aliphatic heterocycles. The lowest BCUT2D eigenvalue weighted by Crippen LogP contribution is -2.38.